The van der Waals surface area contributed by atoms with Crippen molar-refractivity contribution in [1.82, 2.24) is 0 Å². The molecule has 0 unspecified atom stereocenters. The van der Waals surface area contributed by atoms with Crippen molar-refractivity contribution < 1.29 is 9.53 Å². The zero-order valence-corrected chi connectivity index (χ0v) is 8.12. The summed E-state index contributed by atoms with van der Waals surface area (Å²) in [7, 11) is 1.58. The van der Waals surface area contributed by atoms with Gasteiger partial charge in [0.15, 0.2) is 0 Å². The van der Waals surface area contributed by atoms with Gasteiger partial charge < -0.3 is 4.74 Å². The van der Waals surface area contributed by atoms with Gasteiger partial charge in [0.25, 0.3) is 0 Å². The molecule has 0 aliphatic carbocycles. The Morgan fingerprint density at radius 2 is 2.21 bits per heavy atom. The summed E-state index contributed by atoms with van der Waals surface area (Å²) in [6.07, 6.45) is 2.38. The highest BCUT2D eigenvalue weighted by atomic mass is 16.5. The van der Waals surface area contributed by atoms with Crippen LogP contribution >= 0.6 is 0 Å². The van der Waals surface area contributed by atoms with Gasteiger partial charge in [0.2, 0.25) is 0 Å². The van der Waals surface area contributed by atoms with Crippen molar-refractivity contribution in [3.05, 3.63) is 42.5 Å². The SMILES string of the molecule is C=Cc1c(OC)cccc1C(=C)C=O. The molecular formula is C12H12O2. The number of hydrogen-bond donors (Lipinski definition) is 0. The molecule has 1 rings (SSSR count). The Morgan fingerprint density at radius 3 is 2.71 bits per heavy atom. The van der Waals surface area contributed by atoms with Crippen LogP contribution in [0.15, 0.2) is 31.4 Å². The molecular weight excluding hydrogens is 176 g/mol. The van der Waals surface area contributed by atoms with E-state index < -0.39 is 0 Å². The molecule has 0 bridgehead atoms. The van der Waals surface area contributed by atoms with Crippen LogP contribution in [-0.2, 0) is 4.79 Å². The predicted octanol–water partition coefficient (Wildman–Crippen LogP) is 2.55. The minimum Gasteiger partial charge on any atom is -0.496 e. The van der Waals surface area contributed by atoms with Crippen molar-refractivity contribution in [2.24, 2.45) is 0 Å². The fourth-order valence-corrected chi connectivity index (χ4v) is 1.28. The fraction of sp³-hybridized carbons (Fsp3) is 0.0833. The lowest BCUT2D eigenvalue weighted by molar-refractivity contribution is -0.103. The lowest BCUT2D eigenvalue weighted by Gasteiger charge is -2.09. The van der Waals surface area contributed by atoms with Gasteiger partial charge in [-0.2, -0.15) is 0 Å². The maximum Gasteiger partial charge on any atom is 0.150 e. The van der Waals surface area contributed by atoms with Gasteiger partial charge in [-0.25, -0.2) is 0 Å². The van der Waals surface area contributed by atoms with E-state index in [0.717, 1.165) is 17.4 Å². The van der Waals surface area contributed by atoms with E-state index in [1.165, 1.54) is 0 Å². The summed E-state index contributed by atoms with van der Waals surface area (Å²) < 4.78 is 5.14. The van der Waals surface area contributed by atoms with E-state index in [1.807, 2.05) is 18.2 Å². The molecule has 0 radical (unpaired) electrons. The third-order valence-electron chi connectivity index (χ3n) is 1.98. The molecule has 0 N–H and O–H groups in total. The van der Waals surface area contributed by atoms with Gasteiger partial charge >= 0.3 is 0 Å². The summed E-state index contributed by atoms with van der Waals surface area (Å²) in [5.41, 5.74) is 1.99. The number of ether oxygens (including phenoxy) is 1. The molecule has 2 heteroatoms. The van der Waals surface area contributed by atoms with E-state index in [2.05, 4.69) is 13.2 Å². The van der Waals surface area contributed by atoms with Crippen LogP contribution in [0.1, 0.15) is 11.1 Å². The highest BCUT2D eigenvalue weighted by Gasteiger charge is 2.07. The van der Waals surface area contributed by atoms with E-state index in [0.29, 0.717) is 11.3 Å². The molecule has 2 nitrogen and oxygen atoms in total. The molecule has 72 valence electrons. The number of carbonyl (C=O) groups is 1. The van der Waals surface area contributed by atoms with Gasteiger partial charge in [0.1, 0.15) is 12.0 Å². The number of allylic oxidation sites excluding steroid dienone is 1. The highest BCUT2D eigenvalue weighted by Crippen LogP contribution is 2.26. The minimum absolute atomic E-state index is 0.429. The monoisotopic (exact) mass is 188 g/mol. The first-order valence-corrected chi connectivity index (χ1v) is 4.18. The average Bonchev–Trinajstić information content (AvgIpc) is 2.26. The zero-order chi connectivity index (χ0) is 10.6. The smallest absolute Gasteiger partial charge is 0.150 e. The third kappa shape index (κ3) is 1.74. The fourth-order valence-electron chi connectivity index (χ4n) is 1.28. The van der Waals surface area contributed by atoms with Gasteiger partial charge in [-0.05, 0) is 11.6 Å². The summed E-state index contributed by atoms with van der Waals surface area (Å²) >= 11 is 0. The molecule has 0 spiro atoms. The average molecular weight is 188 g/mol. The maximum atomic E-state index is 10.6. The van der Waals surface area contributed by atoms with Crippen molar-refractivity contribution in [2.75, 3.05) is 7.11 Å². The quantitative estimate of drug-likeness (QED) is 0.536. The lowest BCUT2D eigenvalue weighted by Crippen LogP contribution is -1.93. The Bertz CT molecular complexity index is 378. The predicted molar refractivity (Wildman–Crippen MR) is 58.2 cm³/mol. The van der Waals surface area contributed by atoms with E-state index in [9.17, 15) is 4.79 Å². The second-order valence-electron chi connectivity index (χ2n) is 2.77. The number of carbonyl (C=O) groups excluding carboxylic acids is 1. The maximum absolute atomic E-state index is 10.6. The molecule has 0 amide bonds. The first kappa shape index (κ1) is 10.3. The summed E-state index contributed by atoms with van der Waals surface area (Å²) in [6.45, 7) is 7.34. The number of methoxy groups -OCH3 is 1. The Balaban J connectivity index is 3.35. The van der Waals surface area contributed by atoms with Gasteiger partial charge in [-0.15, -0.1) is 0 Å². The van der Waals surface area contributed by atoms with Crippen LogP contribution in [0.3, 0.4) is 0 Å². The summed E-state index contributed by atoms with van der Waals surface area (Å²) in [5, 5.41) is 0. The Hall–Kier alpha value is -1.83. The first-order valence-electron chi connectivity index (χ1n) is 4.18. The van der Waals surface area contributed by atoms with Crippen LogP contribution < -0.4 is 4.74 Å². The largest absolute Gasteiger partial charge is 0.496 e. The van der Waals surface area contributed by atoms with Crippen molar-refractivity contribution in [3.63, 3.8) is 0 Å². The van der Waals surface area contributed by atoms with Crippen LogP contribution in [0.5, 0.6) is 5.75 Å². The zero-order valence-electron chi connectivity index (χ0n) is 8.12. The van der Waals surface area contributed by atoms with Gasteiger partial charge in [-0.3, -0.25) is 4.79 Å². The van der Waals surface area contributed by atoms with Crippen molar-refractivity contribution in [2.45, 2.75) is 0 Å². The van der Waals surface area contributed by atoms with E-state index in [-0.39, 0.29) is 0 Å². The minimum atomic E-state index is 0.429. The van der Waals surface area contributed by atoms with Crippen LogP contribution in [0, 0.1) is 0 Å². The molecule has 14 heavy (non-hydrogen) atoms. The Kier molecular flexibility index (Phi) is 3.24. The van der Waals surface area contributed by atoms with Crippen LogP contribution in [0.2, 0.25) is 0 Å². The van der Waals surface area contributed by atoms with Gasteiger partial charge in [0.05, 0.1) is 7.11 Å². The molecule has 0 heterocycles. The van der Waals surface area contributed by atoms with Crippen molar-refractivity contribution >= 4 is 17.9 Å². The normalized spacial score (nSPS) is 9.21. The molecule has 0 aliphatic heterocycles. The molecule has 0 saturated carbocycles. The topological polar surface area (TPSA) is 26.3 Å². The van der Waals surface area contributed by atoms with Crippen LogP contribution in [-0.4, -0.2) is 13.4 Å². The van der Waals surface area contributed by atoms with E-state index in [4.69, 9.17) is 4.74 Å². The number of hydrogen-bond acceptors (Lipinski definition) is 2. The van der Waals surface area contributed by atoms with Crippen LogP contribution in [0.25, 0.3) is 11.6 Å². The number of aldehydes is 1. The molecule has 0 fully saturated rings. The molecule has 0 saturated heterocycles. The molecule has 0 atom stereocenters. The molecule has 1 aromatic carbocycles. The summed E-state index contributed by atoms with van der Waals surface area (Å²) in [6, 6.07) is 5.45. The van der Waals surface area contributed by atoms with Crippen molar-refractivity contribution in [1.29, 1.82) is 0 Å². The Morgan fingerprint density at radius 1 is 1.50 bits per heavy atom. The second kappa shape index (κ2) is 4.42. The van der Waals surface area contributed by atoms with Gasteiger partial charge in [-0.1, -0.05) is 31.4 Å². The van der Waals surface area contributed by atoms with Gasteiger partial charge in [0, 0.05) is 11.1 Å². The second-order valence-corrected chi connectivity index (χ2v) is 2.77. The first-order chi connectivity index (χ1) is 6.74. The highest BCUT2D eigenvalue weighted by molar-refractivity contribution is 6.07. The molecule has 0 aliphatic rings. The summed E-state index contributed by atoms with van der Waals surface area (Å²) in [5.74, 6) is 0.695. The van der Waals surface area contributed by atoms with E-state index >= 15 is 0 Å². The third-order valence-corrected chi connectivity index (χ3v) is 1.98. The number of benzene rings is 1. The summed E-state index contributed by atoms with van der Waals surface area (Å²) in [4.78, 5) is 10.6. The molecule has 1 aromatic rings. The Labute approximate surface area is 83.5 Å². The van der Waals surface area contributed by atoms with E-state index in [1.54, 1.807) is 13.2 Å². The van der Waals surface area contributed by atoms with Crippen LogP contribution in [0.4, 0.5) is 0 Å². The number of rotatable bonds is 4. The van der Waals surface area contributed by atoms with Crippen molar-refractivity contribution in [3.8, 4) is 5.75 Å². The molecule has 0 aromatic heterocycles. The standard InChI is InChI=1S/C12H12O2/c1-4-10-11(9(2)8-13)6-5-7-12(10)14-3/h4-8H,1-2H2,3H3. The lowest BCUT2D eigenvalue weighted by atomic mass is 10.0.